The van der Waals surface area contributed by atoms with E-state index in [2.05, 4.69) is 20.8 Å². The van der Waals surface area contributed by atoms with Crippen molar-refractivity contribution >= 4 is 5.91 Å². The number of rotatable bonds is 2. The molecule has 0 aromatic heterocycles. The second-order valence-electron chi connectivity index (χ2n) is 6.43. The molecule has 0 atom stereocenters. The quantitative estimate of drug-likeness (QED) is 0.744. The van der Waals surface area contributed by atoms with Gasteiger partial charge in [0.15, 0.2) is 0 Å². The summed E-state index contributed by atoms with van der Waals surface area (Å²) in [6, 6.07) is 0. The molecule has 0 saturated carbocycles. The Morgan fingerprint density at radius 2 is 1.71 bits per heavy atom. The molecule has 0 radical (unpaired) electrons. The SMILES string of the molecule is COC1(C(C)(C)C)CCN(C(=O)C(C)C)CC1. The van der Waals surface area contributed by atoms with E-state index >= 15 is 0 Å². The smallest absolute Gasteiger partial charge is 0.225 e. The first-order chi connectivity index (χ1) is 7.73. The van der Waals surface area contributed by atoms with Crippen molar-refractivity contribution < 1.29 is 9.53 Å². The highest BCUT2D eigenvalue weighted by atomic mass is 16.5. The molecular formula is C14H27NO2. The Kier molecular flexibility index (Phi) is 4.23. The van der Waals surface area contributed by atoms with Crippen LogP contribution in [0.15, 0.2) is 0 Å². The van der Waals surface area contributed by atoms with Gasteiger partial charge in [0, 0.05) is 26.1 Å². The van der Waals surface area contributed by atoms with Gasteiger partial charge in [-0.25, -0.2) is 0 Å². The van der Waals surface area contributed by atoms with Crippen molar-refractivity contribution in [2.45, 2.75) is 53.1 Å². The van der Waals surface area contributed by atoms with E-state index in [0.717, 1.165) is 25.9 Å². The third-order valence-corrected chi connectivity index (χ3v) is 4.13. The standard InChI is InChI=1S/C14H27NO2/c1-11(2)12(16)15-9-7-14(17-6,8-10-15)13(3,4)5/h11H,7-10H2,1-6H3. The van der Waals surface area contributed by atoms with Crippen molar-refractivity contribution in [2.75, 3.05) is 20.2 Å². The normalized spacial score (nSPS) is 20.8. The molecule has 0 aromatic carbocycles. The fourth-order valence-corrected chi connectivity index (χ4v) is 2.71. The lowest BCUT2D eigenvalue weighted by Gasteiger charge is -2.49. The maximum Gasteiger partial charge on any atom is 0.225 e. The Bertz CT molecular complexity index is 270. The van der Waals surface area contributed by atoms with Crippen LogP contribution in [0.2, 0.25) is 0 Å². The monoisotopic (exact) mass is 241 g/mol. The molecule has 3 heteroatoms. The Labute approximate surface area is 106 Å². The summed E-state index contributed by atoms with van der Waals surface area (Å²) in [6.45, 7) is 12.2. The predicted molar refractivity (Wildman–Crippen MR) is 69.8 cm³/mol. The minimum atomic E-state index is -0.0826. The lowest BCUT2D eigenvalue weighted by atomic mass is 9.70. The number of piperidine rings is 1. The van der Waals surface area contributed by atoms with Crippen LogP contribution in [0.25, 0.3) is 0 Å². The van der Waals surface area contributed by atoms with Gasteiger partial charge in [-0.15, -0.1) is 0 Å². The first kappa shape index (κ1) is 14.5. The zero-order chi connectivity index (χ0) is 13.3. The van der Waals surface area contributed by atoms with Gasteiger partial charge >= 0.3 is 0 Å². The third kappa shape index (κ3) is 2.82. The molecule has 3 nitrogen and oxygen atoms in total. The van der Waals surface area contributed by atoms with Crippen molar-refractivity contribution in [2.24, 2.45) is 11.3 Å². The van der Waals surface area contributed by atoms with E-state index in [1.54, 1.807) is 7.11 Å². The number of methoxy groups -OCH3 is 1. The van der Waals surface area contributed by atoms with Crippen LogP contribution in [-0.4, -0.2) is 36.6 Å². The summed E-state index contributed by atoms with van der Waals surface area (Å²) in [5.41, 5.74) is 0.0372. The number of carbonyl (C=O) groups excluding carboxylic acids is 1. The molecule has 100 valence electrons. The van der Waals surface area contributed by atoms with Crippen LogP contribution in [0.3, 0.4) is 0 Å². The van der Waals surface area contributed by atoms with E-state index in [1.807, 2.05) is 18.7 Å². The lowest BCUT2D eigenvalue weighted by molar-refractivity contribution is -0.150. The number of amides is 1. The molecule has 0 bridgehead atoms. The van der Waals surface area contributed by atoms with Crippen molar-refractivity contribution in [3.63, 3.8) is 0 Å². The summed E-state index contributed by atoms with van der Waals surface area (Å²) in [6.07, 6.45) is 1.87. The number of hydrogen-bond donors (Lipinski definition) is 0. The Morgan fingerprint density at radius 3 is 2.00 bits per heavy atom. The first-order valence-electron chi connectivity index (χ1n) is 6.57. The van der Waals surface area contributed by atoms with Crippen molar-refractivity contribution in [1.29, 1.82) is 0 Å². The van der Waals surface area contributed by atoms with Gasteiger partial charge in [-0.3, -0.25) is 4.79 Å². The molecule has 1 rings (SSSR count). The molecule has 1 aliphatic rings. The van der Waals surface area contributed by atoms with Crippen molar-refractivity contribution in [3.05, 3.63) is 0 Å². The third-order valence-electron chi connectivity index (χ3n) is 4.13. The Morgan fingerprint density at radius 1 is 1.24 bits per heavy atom. The van der Waals surface area contributed by atoms with Crippen molar-refractivity contribution in [3.8, 4) is 0 Å². The van der Waals surface area contributed by atoms with E-state index in [9.17, 15) is 4.79 Å². The molecule has 1 saturated heterocycles. The summed E-state index contributed by atoms with van der Waals surface area (Å²) in [5.74, 6) is 0.364. The van der Waals surface area contributed by atoms with Gasteiger partial charge < -0.3 is 9.64 Å². The van der Waals surface area contributed by atoms with Crippen LogP contribution in [-0.2, 0) is 9.53 Å². The molecule has 0 unspecified atom stereocenters. The van der Waals surface area contributed by atoms with E-state index in [0.29, 0.717) is 0 Å². The topological polar surface area (TPSA) is 29.5 Å². The number of likely N-dealkylation sites (tertiary alicyclic amines) is 1. The molecular weight excluding hydrogens is 214 g/mol. The highest BCUT2D eigenvalue weighted by Crippen LogP contribution is 2.41. The summed E-state index contributed by atoms with van der Waals surface area (Å²) in [4.78, 5) is 13.9. The summed E-state index contributed by atoms with van der Waals surface area (Å²) in [7, 11) is 1.80. The average molecular weight is 241 g/mol. The molecule has 0 spiro atoms. The molecule has 1 aliphatic heterocycles. The van der Waals surface area contributed by atoms with Gasteiger partial charge in [0.05, 0.1) is 5.60 Å². The minimum absolute atomic E-state index is 0.0826. The van der Waals surface area contributed by atoms with E-state index in [1.165, 1.54) is 0 Å². The summed E-state index contributed by atoms with van der Waals surface area (Å²) >= 11 is 0. The van der Waals surface area contributed by atoms with Crippen LogP contribution in [0.1, 0.15) is 47.5 Å². The highest BCUT2D eigenvalue weighted by Gasteiger charge is 2.45. The Balaban J connectivity index is 2.69. The summed E-state index contributed by atoms with van der Waals surface area (Å²) in [5, 5.41) is 0. The van der Waals surface area contributed by atoms with Crippen LogP contribution < -0.4 is 0 Å². The van der Waals surface area contributed by atoms with Gasteiger partial charge in [-0.2, -0.15) is 0 Å². The van der Waals surface area contributed by atoms with Gasteiger partial charge in [-0.1, -0.05) is 34.6 Å². The molecule has 1 heterocycles. The van der Waals surface area contributed by atoms with Gasteiger partial charge in [-0.05, 0) is 18.3 Å². The maximum absolute atomic E-state index is 11.9. The zero-order valence-electron chi connectivity index (χ0n) is 12.2. The Hall–Kier alpha value is -0.570. The highest BCUT2D eigenvalue weighted by molar-refractivity contribution is 5.78. The lowest BCUT2D eigenvalue weighted by Crippen LogP contribution is -2.54. The molecule has 17 heavy (non-hydrogen) atoms. The number of hydrogen-bond acceptors (Lipinski definition) is 2. The van der Waals surface area contributed by atoms with E-state index < -0.39 is 0 Å². The molecule has 0 aromatic rings. The van der Waals surface area contributed by atoms with E-state index in [4.69, 9.17) is 4.74 Å². The zero-order valence-corrected chi connectivity index (χ0v) is 12.2. The van der Waals surface area contributed by atoms with Crippen LogP contribution in [0, 0.1) is 11.3 Å². The second kappa shape index (κ2) is 4.97. The largest absolute Gasteiger partial charge is 0.378 e. The first-order valence-corrected chi connectivity index (χ1v) is 6.57. The fraction of sp³-hybridized carbons (Fsp3) is 0.929. The molecule has 0 N–H and O–H groups in total. The average Bonchev–Trinajstić information content (AvgIpc) is 2.26. The van der Waals surface area contributed by atoms with E-state index in [-0.39, 0.29) is 22.8 Å². The van der Waals surface area contributed by atoms with Gasteiger partial charge in [0.25, 0.3) is 0 Å². The van der Waals surface area contributed by atoms with Gasteiger partial charge in [0.2, 0.25) is 5.91 Å². The molecule has 0 aliphatic carbocycles. The molecule has 1 amide bonds. The number of ether oxygens (including phenoxy) is 1. The van der Waals surface area contributed by atoms with Gasteiger partial charge in [0.1, 0.15) is 0 Å². The van der Waals surface area contributed by atoms with Crippen LogP contribution in [0.4, 0.5) is 0 Å². The minimum Gasteiger partial charge on any atom is -0.378 e. The fourth-order valence-electron chi connectivity index (χ4n) is 2.71. The van der Waals surface area contributed by atoms with Crippen LogP contribution in [0.5, 0.6) is 0 Å². The number of nitrogens with zero attached hydrogens (tertiary/aromatic N) is 1. The molecule has 1 fully saturated rings. The predicted octanol–water partition coefficient (Wildman–Crippen LogP) is 2.70. The van der Waals surface area contributed by atoms with Crippen molar-refractivity contribution in [1.82, 2.24) is 4.90 Å². The second-order valence-corrected chi connectivity index (χ2v) is 6.43. The summed E-state index contributed by atoms with van der Waals surface area (Å²) < 4.78 is 5.79. The maximum atomic E-state index is 11.9. The number of carbonyl (C=O) groups is 1. The van der Waals surface area contributed by atoms with Crippen LogP contribution >= 0.6 is 0 Å².